The van der Waals surface area contributed by atoms with Gasteiger partial charge in [0.15, 0.2) is 0 Å². The van der Waals surface area contributed by atoms with E-state index in [1.807, 2.05) is 13.0 Å². The average molecular weight is 156 g/mol. The first-order chi connectivity index (χ1) is 5.41. The lowest BCUT2D eigenvalue weighted by Crippen LogP contribution is -1.92. The third-order valence-electron chi connectivity index (χ3n) is 1.12. The maximum atomic E-state index is 5.10. The van der Waals surface area contributed by atoms with E-state index in [4.69, 9.17) is 9.47 Å². The molecule has 0 amide bonds. The summed E-state index contributed by atoms with van der Waals surface area (Å²) < 4.78 is 10.0. The summed E-state index contributed by atoms with van der Waals surface area (Å²) in [5, 5.41) is 0. The quantitative estimate of drug-likeness (QED) is 0.416. The van der Waals surface area contributed by atoms with E-state index in [2.05, 4.69) is 6.58 Å². The maximum Gasteiger partial charge on any atom is 0.0874 e. The molecule has 0 rings (SSSR count). The van der Waals surface area contributed by atoms with E-state index in [1.165, 1.54) is 6.26 Å². The van der Waals surface area contributed by atoms with Crippen molar-refractivity contribution in [3.8, 4) is 0 Å². The molecule has 2 nitrogen and oxygen atoms in total. The summed E-state index contributed by atoms with van der Waals surface area (Å²) >= 11 is 0. The number of allylic oxidation sites excluding steroid dienone is 1. The molecule has 0 atom stereocenters. The minimum Gasteiger partial charge on any atom is -0.502 e. The summed E-state index contributed by atoms with van der Waals surface area (Å²) in [5.41, 5.74) is 0. The Bertz CT molecular complexity index is 108. The molecule has 2 heteroatoms. The van der Waals surface area contributed by atoms with E-state index in [1.54, 1.807) is 6.26 Å². The van der Waals surface area contributed by atoms with Crippen LogP contribution in [0.5, 0.6) is 0 Å². The third-order valence-corrected chi connectivity index (χ3v) is 1.12. The van der Waals surface area contributed by atoms with Crippen molar-refractivity contribution in [2.24, 2.45) is 0 Å². The molecule has 0 heterocycles. The van der Waals surface area contributed by atoms with Crippen molar-refractivity contribution in [3.63, 3.8) is 0 Å². The lowest BCUT2D eigenvalue weighted by atomic mass is 10.3. The highest BCUT2D eigenvalue weighted by Crippen LogP contribution is 1.91. The predicted octanol–water partition coefficient (Wildman–Crippen LogP) is 2.48. The van der Waals surface area contributed by atoms with Crippen molar-refractivity contribution >= 4 is 0 Å². The Labute approximate surface area is 68.5 Å². The number of unbranched alkanes of at least 4 members (excludes halogenated alkanes) is 1. The molecular formula is C9H16O2. The van der Waals surface area contributed by atoms with Crippen LogP contribution in [0.4, 0.5) is 0 Å². The topological polar surface area (TPSA) is 18.5 Å². The largest absolute Gasteiger partial charge is 0.502 e. The molecule has 0 aliphatic rings. The van der Waals surface area contributed by atoms with Gasteiger partial charge in [-0.1, -0.05) is 12.7 Å². The van der Waals surface area contributed by atoms with Gasteiger partial charge in [0.2, 0.25) is 0 Å². The molecule has 0 aliphatic heterocycles. The van der Waals surface area contributed by atoms with E-state index in [9.17, 15) is 0 Å². The van der Waals surface area contributed by atoms with Crippen molar-refractivity contribution in [2.45, 2.75) is 19.8 Å². The molecule has 0 fully saturated rings. The summed E-state index contributed by atoms with van der Waals surface area (Å²) in [4.78, 5) is 0. The lowest BCUT2D eigenvalue weighted by molar-refractivity contribution is 0.205. The van der Waals surface area contributed by atoms with Crippen molar-refractivity contribution in [1.82, 2.24) is 0 Å². The first-order valence-corrected chi connectivity index (χ1v) is 3.87. The molecule has 0 aliphatic carbocycles. The van der Waals surface area contributed by atoms with Crippen molar-refractivity contribution in [3.05, 3.63) is 25.2 Å². The molecule has 0 aromatic rings. The van der Waals surface area contributed by atoms with Crippen LogP contribution in [0.15, 0.2) is 25.2 Å². The zero-order valence-corrected chi connectivity index (χ0v) is 7.08. The molecule has 0 aromatic carbocycles. The Morgan fingerprint density at radius 2 is 1.82 bits per heavy atom. The van der Waals surface area contributed by atoms with Crippen LogP contribution in [0.3, 0.4) is 0 Å². The predicted molar refractivity (Wildman–Crippen MR) is 46.1 cm³/mol. The fourth-order valence-corrected chi connectivity index (χ4v) is 0.618. The van der Waals surface area contributed by atoms with E-state index < -0.39 is 0 Å². The molecule has 0 bridgehead atoms. The zero-order chi connectivity index (χ0) is 8.36. The second-order valence-corrected chi connectivity index (χ2v) is 2.08. The second-order valence-electron chi connectivity index (χ2n) is 2.08. The minimum atomic E-state index is 0.739. The summed E-state index contributed by atoms with van der Waals surface area (Å²) in [6, 6.07) is 0. The molecule has 0 N–H and O–H groups in total. The molecule has 0 unspecified atom stereocenters. The van der Waals surface area contributed by atoms with Crippen LogP contribution < -0.4 is 0 Å². The van der Waals surface area contributed by atoms with E-state index in [-0.39, 0.29) is 0 Å². The number of hydrogen-bond donors (Lipinski definition) is 0. The Morgan fingerprint density at radius 1 is 1.18 bits per heavy atom. The van der Waals surface area contributed by atoms with E-state index in [0.717, 1.165) is 26.1 Å². The molecule has 11 heavy (non-hydrogen) atoms. The van der Waals surface area contributed by atoms with Gasteiger partial charge in [-0.15, -0.1) is 0 Å². The Balaban J connectivity index is 2.84. The van der Waals surface area contributed by atoms with Crippen molar-refractivity contribution < 1.29 is 9.47 Å². The Kier molecular flexibility index (Phi) is 8.32. The van der Waals surface area contributed by atoms with Crippen LogP contribution in [0.25, 0.3) is 0 Å². The van der Waals surface area contributed by atoms with Crippen molar-refractivity contribution in [1.29, 1.82) is 0 Å². The zero-order valence-electron chi connectivity index (χ0n) is 7.08. The van der Waals surface area contributed by atoms with Gasteiger partial charge in [-0.05, 0) is 19.8 Å². The summed E-state index contributed by atoms with van der Waals surface area (Å²) in [5.74, 6) is 0. The fourth-order valence-electron chi connectivity index (χ4n) is 0.618. The molecule has 0 aromatic heterocycles. The first kappa shape index (κ1) is 10.1. The van der Waals surface area contributed by atoms with Gasteiger partial charge in [0.1, 0.15) is 0 Å². The van der Waals surface area contributed by atoms with Crippen LogP contribution >= 0.6 is 0 Å². The Morgan fingerprint density at radius 3 is 2.36 bits per heavy atom. The normalized spacial score (nSPS) is 9.91. The second kappa shape index (κ2) is 9.08. The summed E-state index contributed by atoms with van der Waals surface area (Å²) in [6.07, 6.45) is 7.09. The fraction of sp³-hybridized carbons (Fsp3) is 0.556. The van der Waals surface area contributed by atoms with Gasteiger partial charge in [0, 0.05) is 0 Å². The van der Waals surface area contributed by atoms with Crippen LogP contribution in [-0.4, -0.2) is 13.2 Å². The number of ether oxygens (including phenoxy) is 2. The molecule has 0 radical (unpaired) electrons. The average Bonchev–Trinajstić information content (AvgIpc) is 2.03. The van der Waals surface area contributed by atoms with Crippen LogP contribution in [0, 0.1) is 0 Å². The van der Waals surface area contributed by atoms with Crippen LogP contribution in [0.2, 0.25) is 0 Å². The molecule has 0 saturated heterocycles. The SMILES string of the molecule is C=COCCCCOC=CC. The first-order valence-electron chi connectivity index (χ1n) is 3.87. The van der Waals surface area contributed by atoms with Crippen molar-refractivity contribution in [2.75, 3.05) is 13.2 Å². The van der Waals surface area contributed by atoms with Gasteiger partial charge in [-0.25, -0.2) is 0 Å². The highest BCUT2D eigenvalue weighted by Gasteiger charge is 1.85. The number of rotatable bonds is 7. The monoisotopic (exact) mass is 156 g/mol. The molecular weight excluding hydrogens is 140 g/mol. The van der Waals surface area contributed by atoms with Gasteiger partial charge < -0.3 is 9.47 Å². The smallest absolute Gasteiger partial charge is 0.0874 e. The van der Waals surface area contributed by atoms with Crippen LogP contribution in [0.1, 0.15) is 19.8 Å². The summed E-state index contributed by atoms with van der Waals surface area (Å²) in [6.45, 7) is 6.88. The van der Waals surface area contributed by atoms with Gasteiger partial charge in [0.05, 0.1) is 25.7 Å². The third kappa shape index (κ3) is 9.08. The standard InChI is InChI=1S/C9H16O2/c1-3-7-11-9-6-5-8-10-4-2/h3-4,7H,2,5-6,8-9H2,1H3. The lowest BCUT2D eigenvalue weighted by Gasteiger charge is -2.00. The minimum absolute atomic E-state index is 0.739. The van der Waals surface area contributed by atoms with Gasteiger partial charge in [-0.3, -0.25) is 0 Å². The number of hydrogen-bond acceptors (Lipinski definition) is 2. The van der Waals surface area contributed by atoms with Crippen LogP contribution in [-0.2, 0) is 9.47 Å². The van der Waals surface area contributed by atoms with E-state index >= 15 is 0 Å². The van der Waals surface area contributed by atoms with Gasteiger partial charge in [-0.2, -0.15) is 0 Å². The Hall–Kier alpha value is -0.920. The van der Waals surface area contributed by atoms with Gasteiger partial charge >= 0.3 is 0 Å². The molecule has 0 spiro atoms. The van der Waals surface area contributed by atoms with E-state index in [0.29, 0.717) is 0 Å². The molecule has 0 saturated carbocycles. The maximum absolute atomic E-state index is 5.10. The highest BCUT2D eigenvalue weighted by atomic mass is 16.5. The summed E-state index contributed by atoms with van der Waals surface area (Å²) in [7, 11) is 0. The highest BCUT2D eigenvalue weighted by molar-refractivity contribution is 4.64. The molecule has 64 valence electrons. The van der Waals surface area contributed by atoms with Gasteiger partial charge in [0.25, 0.3) is 0 Å².